The molecule has 0 radical (unpaired) electrons. The van der Waals surface area contributed by atoms with Crippen LogP contribution in [-0.4, -0.2) is 7.05 Å². The zero-order chi connectivity index (χ0) is 15.4. The molecule has 0 aliphatic rings. The van der Waals surface area contributed by atoms with Crippen molar-refractivity contribution in [3.8, 4) is 5.75 Å². The molecule has 112 valence electrons. The molecule has 0 bridgehead atoms. The molecule has 0 saturated carbocycles. The zero-order valence-electron chi connectivity index (χ0n) is 13.0. The summed E-state index contributed by atoms with van der Waals surface area (Å²) in [6.07, 6.45) is 0. The minimum atomic E-state index is -0.244. The Hall–Kier alpha value is -1.87. The highest BCUT2D eigenvalue weighted by Crippen LogP contribution is 2.27. The second-order valence-electron chi connectivity index (χ2n) is 5.35. The maximum atomic E-state index is 13.5. The maximum absolute atomic E-state index is 13.5. The summed E-state index contributed by atoms with van der Waals surface area (Å²) in [5, 5.41) is 3.12. The maximum Gasteiger partial charge on any atom is 0.124 e. The number of rotatable bonds is 5. The van der Waals surface area contributed by atoms with Crippen LogP contribution < -0.4 is 10.1 Å². The molecule has 0 amide bonds. The molecule has 2 aromatic carbocycles. The Labute approximate surface area is 126 Å². The van der Waals surface area contributed by atoms with Crippen LogP contribution in [0.5, 0.6) is 5.75 Å². The summed E-state index contributed by atoms with van der Waals surface area (Å²) in [6.45, 7) is 6.63. The van der Waals surface area contributed by atoms with E-state index in [2.05, 4.69) is 31.3 Å². The molecule has 0 saturated heterocycles. The lowest BCUT2D eigenvalue weighted by Crippen LogP contribution is -2.14. The number of benzene rings is 2. The van der Waals surface area contributed by atoms with Crippen molar-refractivity contribution in [3.05, 3.63) is 64.5 Å². The van der Waals surface area contributed by atoms with E-state index in [1.54, 1.807) is 6.07 Å². The summed E-state index contributed by atoms with van der Waals surface area (Å²) in [5.74, 6) is 0.479. The molecule has 1 N–H and O–H groups in total. The van der Waals surface area contributed by atoms with Gasteiger partial charge < -0.3 is 10.1 Å². The molecule has 2 aromatic rings. The van der Waals surface area contributed by atoms with Crippen LogP contribution in [0.1, 0.15) is 35.2 Å². The van der Waals surface area contributed by atoms with Gasteiger partial charge in [-0.05, 0) is 62.7 Å². The van der Waals surface area contributed by atoms with Gasteiger partial charge in [-0.15, -0.1) is 0 Å². The zero-order valence-corrected chi connectivity index (χ0v) is 13.0. The number of halogens is 1. The quantitative estimate of drug-likeness (QED) is 0.885. The number of hydrogen-bond acceptors (Lipinski definition) is 2. The first-order chi connectivity index (χ1) is 10.0. The predicted octanol–water partition coefficient (Wildman–Crippen LogP) is 4.30. The highest BCUT2D eigenvalue weighted by molar-refractivity contribution is 5.38. The van der Waals surface area contributed by atoms with Crippen LogP contribution in [0.4, 0.5) is 4.39 Å². The van der Waals surface area contributed by atoms with Gasteiger partial charge >= 0.3 is 0 Å². The van der Waals surface area contributed by atoms with Crippen LogP contribution >= 0.6 is 0 Å². The lowest BCUT2D eigenvalue weighted by Gasteiger charge is -2.18. The average Bonchev–Trinajstić information content (AvgIpc) is 2.47. The Morgan fingerprint density at radius 1 is 1.14 bits per heavy atom. The SMILES string of the molecule is CNC(C)c1cc(F)ccc1OCc1c(C)cccc1C. The van der Waals surface area contributed by atoms with E-state index in [9.17, 15) is 4.39 Å². The molecule has 0 aromatic heterocycles. The number of ether oxygens (including phenoxy) is 1. The fraction of sp³-hybridized carbons (Fsp3) is 0.333. The fourth-order valence-corrected chi connectivity index (χ4v) is 2.37. The first-order valence-corrected chi connectivity index (χ1v) is 7.17. The Kier molecular flexibility index (Phi) is 4.97. The topological polar surface area (TPSA) is 21.3 Å². The van der Waals surface area contributed by atoms with Gasteiger partial charge in [0.1, 0.15) is 18.2 Å². The third kappa shape index (κ3) is 3.61. The molecular formula is C18H22FNO. The molecule has 0 heterocycles. The lowest BCUT2D eigenvalue weighted by atomic mass is 10.0. The van der Waals surface area contributed by atoms with Crippen molar-refractivity contribution in [1.29, 1.82) is 0 Å². The van der Waals surface area contributed by atoms with Crippen molar-refractivity contribution in [3.63, 3.8) is 0 Å². The number of aryl methyl sites for hydroxylation is 2. The standard InChI is InChI=1S/C18H22FNO/c1-12-6-5-7-13(2)17(12)11-21-18-9-8-15(19)10-16(18)14(3)20-4/h5-10,14,20H,11H2,1-4H3. The molecule has 0 aliphatic carbocycles. The van der Waals surface area contributed by atoms with Gasteiger partial charge in [0.05, 0.1) is 0 Å². The van der Waals surface area contributed by atoms with E-state index in [1.165, 1.54) is 28.8 Å². The van der Waals surface area contributed by atoms with Crippen molar-refractivity contribution in [2.75, 3.05) is 7.05 Å². The molecular weight excluding hydrogens is 265 g/mol. The summed E-state index contributed by atoms with van der Waals surface area (Å²) < 4.78 is 19.4. The van der Waals surface area contributed by atoms with Crippen LogP contribution in [0.2, 0.25) is 0 Å². The highest BCUT2D eigenvalue weighted by atomic mass is 19.1. The highest BCUT2D eigenvalue weighted by Gasteiger charge is 2.12. The Balaban J connectivity index is 2.24. The van der Waals surface area contributed by atoms with Gasteiger partial charge in [-0.3, -0.25) is 0 Å². The van der Waals surface area contributed by atoms with Crippen LogP contribution in [0.25, 0.3) is 0 Å². The van der Waals surface area contributed by atoms with E-state index in [4.69, 9.17) is 4.74 Å². The molecule has 0 spiro atoms. The van der Waals surface area contributed by atoms with Crippen LogP contribution in [0.15, 0.2) is 36.4 Å². The minimum Gasteiger partial charge on any atom is -0.489 e. The van der Waals surface area contributed by atoms with Gasteiger partial charge in [0.15, 0.2) is 0 Å². The summed E-state index contributed by atoms with van der Waals surface area (Å²) >= 11 is 0. The Bertz CT molecular complexity index is 604. The van der Waals surface area contributed by atoms with Crippen molar-refractivity contribution in [2.24, 2.45) is 0 Å². The fourth-order valence-electron chi connectivity index (χ4n) is 2.37. The molecule has 2 rings (SSSR count). The normalized spacial score (nSPS) is 12.2. The molecule has 3 heteroatoms. The van der Waals surface area contributed by atoms with E-state index < -0.39 is 0 Å². The minimum absolute atomic E-state index is 0.0358. The smallest absolute Gasteiger partial charge is 0.124 e. The van der Waals surface area contributed by atoms with Crippen molar-refractivity contribution in [1.82, 2.24) is 5.32 Å². The predicted molar refractivity (Wildman–Crippen MR) is 84.1 cm³/mol. The van der Waals surface area contributed by atoms with Gasteiger partial charge in [0.2, 0.25) is 0 Å². The number of nitrogens with one attached hydrogen (secondary N) is 1. The van der Waals surface area contributed by atoms with Crippen molar-refractivity contribution in [2.45, 2.75) is 33.4 Å². The van der Waals surface area contributed by atoms with Gasteiger partial charge in [-0.1, -0.05) is 18.2 Å². The van der Waals surface area contributed by atoms with E-state index in [-0.39, 0.29) is 11.9 Å². The lowest BCUT2D eigenvalue weighted by molar-refractivity contribution is 0.298. The largest absolute Gasteiger partial charge is 0.489 e. The summed E-state index contributed by atoms with van der Waals surface area (Å²) in [6, 6.07) is 10.9. The number of hydrogen-bond donors (Lipinski definition) is 1. The average molecular weight is 287 g/mol. The molecule has 0 aliphatic heterocycles. The van der Waals surface area contributed by atoms with Gasteiger partial charge in [0, 0.05) is 11.6 Å². The Morgan fingerprint density at radius 2 is 1.81 bits per heavy atom. The van der Waals surface area contributed by atoms with Gasteiger partial charge in [-0.2, -0.15) is 0 Å². The van der Waals surface area contributed by atoms with Crippen LogP contribution in [0, 0.1) is 19.7 Å². The molecule has 1 unspecified atom stereocenters. The molecule has 0 fully saturated rings. The summed E-state index contributed by atoms with van der Waals surface area (Å²) in [5.41, 5.74) is 4.44. The molecule has 2 nitrogen and oxygen atoms in total. The third-order valence-corrected chi connectivity index (χ3v) is 3.89. The second kappa shape index (κ2) is 6.72. The first kappa shape index (κ1) is 15.5. The first-order valence-electron chi connectivity index (χ1n) is 7.17. The van der Waals surface area contributed by atoms with Crippen LogP contribution in [-0.2, 0) is 6.61 Å². The second-order valence-corrected chi connectivity index (χ2v) is 5.35. The summed E-state index contributed by atoms with van der Waals surface area (Å²) in [4.78, 5) is 0. The van der Waals surface area contributed by atoms with Crippen molar-refractivity contribution < 1.29 is 9.13 Å². The Morgan fingerprint density at radius 3 is 2.43 bits per heavy atom. The third-order valence-electron chi connectivity index (χ3n) is 3.89. The van der Waals surface area contributed by atoms with E-state index >= 15 is 0 Å². The monoisotopic (exact) mass is 287 g/mol. The molecule has 1 atom stereocenters. The van der Waals surface area contributed by atoms with Crippen molar-refractivity contribution >= 4 is 0 Å². The van der Waals surface area contributed by atoms with Gasteiger partial charge in [-0.25, -0.2) is 4.39 Å². The van der Waals surface area contributed by atoms with Gasteiger partial charge in [0.25, 0.3) is 0 Å². The van der Waals surface area contributed by atoms with Crippen LogP contribution in [0.3, 0.4) is 0 Å². The van der Waals surface area contributed by atoms with E-state index in [0.29, 0.717) is 6.61 Å². The molecule has 21 heavy (non-hydrogen) atoms. The van der Waals surface area contributed by atoms with E-state index in [0.717, 1.165) is 11.3 Å². The van der Waals surface area contributed by atoms with E-state index in [1.807, 2.05) is 20.0 Å². The summed E-state index contributed by atoms with van der Waals surface area (Å²) in [7, 11) is 1.85.